The normalized spacial score (nSPS) is 14.4. The van der Waals surface area contributed by atoms with E-state index in [1.165, 1.54) is 25.1 Å². The van der Waals surface area contributed by atoms with E-state index in [2.05, 4.69) is 0 Å². The van der Waals surface area contributed by atoms with Gasteiger partial charge in [0, 0.05) is 12.7 Å². The molecular weight excluding hydrogens is 264 g/mol. The predicted molar refractivity (Wildman–Crippen MR) is 67.2 cm³/mol. The molecule has 3 N–H and O–H groups in total. The van der Waals surface area contributed by atoms with Gasteiger partial charge in [-0.25, -0.2) is 0 Å². The molecule has 0 spiro atoms. The summed E-state index contributed by atoms with van der Waals surface area (Å²) in [6.07, 6.45) is -2.24. The van der Waals surface area contributed by atoms with Gasteiger partial charge in [0.15, 0.2) is 5.12 Å². The predicted octanol–water partition coefficient (Wildman–Crippen LogP) is 1.72. The lowest BCUT2D eigenvalue weighted by atomic mass is 10.1. The number of carbonyl (C=O) groups is 1. The maximum absolute atomic E-state index is 10.7. The molecule has 0 aliphatic rings. The summed E-state index contributed by atoms with van der Waals surface area (Å²) in [5, 5.41) is 28.8. The molecule has 1 aromatic rings. The van der Waals surface area contributed by atoms with E-state index in [1.807, 2.05) is 0 Å². The Morgan fingerprint density at radius 1 is 1.47 bits per heavy atom. The molecule has 2 atom stereocenters. The van der Waals surface area contributed by atoms with Gasteiger partial charge in [-0.2, -0.15) is 0 Å². The number of aromatic hydroxyl groups is 1. The van der Waals surface area contributed by atoms with Gasteiger partial charge in [-0.3, -0.25) is 4.79 Å². The number of thioether (sulfide) groups is 1. The average molecular weight is 277 g/mol. The fourth-order valence-corrected chi connectivity index (χ4v) is 1.94. The van der Waals surface area contributed by atoms with Crippen LogP contribution in [0.25, 0.3) is 0 Å². The van der Waals surface area contributed by atoms with Gasteiger partial charge in [0.1, 0.15) is 11.9 Å². The van der Waals surface area contributed by atoms with E-state index in [9.17, 15) is 20.1 Å². The lowest BCUT2D eigenvalue weighted by Gasteiger charge is -2.17. The highest BCUT2D eigenvalue weighted by atomic mass is 35.5. The average Bonchev–Trinajstić information content (AvgIpc) is 2.28. The molecule has 0 saturated heterocycles. The van der Waals surface area contributed by atoms with Gasteiger partial charge in [-0.05, 0) is 17.7 Å². The smallest absolute Gasteiger partial charge is 0.185 e. The molecule has 0 bridgehead atoms. The van der Waals surface area contributed by atoms with E-state index in [0.29, 0.717) is 5.56 Å². The Labute approximate surface area is 108 Å². The topological polar surface area (TPSA) is 77.8 Å². The van der Waals surface area contributed by atoms with Gasteiger partial charge in [0.25, 0.3) is 0 Å². The van der Waals surface area contributed by atoms with Gasteiger partial charge >= 0.3 is 0 Å². The van der Waals surface area contributed by atoms with E-state index in [-0.39, 0.29) is 21.6 Å². The number of rotatable bonds is 4. The van der Waals surface area contributed by atoms with Crippen molar-refractivity contribution in [1.29, 1.82) is 0 Å². The summed E-state index contributed by atoms with van der Waals surface area (Å²) in [7, 11) is 0. The Morgan fingerprint density at radius 3 is 2.65 bits per heavy atom. The lowest BCUT2D eigenvalue weighted by molar-refractivity contribution is -0.109. The molecule has 0 amide bonds. The summed E-state index contributed by atoms with van der Waals surface area (Å²) in [5.74, 6) is -0.0606. The van der Waals surface area contributed by atoms with Crippen LogP contribution in [0.4, 0.5) is 0 Å². The van der Waals surface area contributed by atoms with E-state index >= 15 is 0 Å². The number of aliphatic hydroxyl groups excluding tert-OH is 2. The zero-order valence-electron chi connectivity index (χ0n) is 9.13. The second-order valence-corrected chi connectivity index (χ2v) is 5.13. The highest BCUT2D eigenvalue weighted by Crippen LogP contribution is 2.28. The number of carbonyl (C=O) groups excluding carboxylic acids is 1. The van der Waals surface area contributed by atoms with E-state index in [4.69, 9.17) is 11.6 Å². The Bertz CT molecular complexity index is 410. The van der Waals surface area contributed by atoms with Crippen LogP contribution in [0, 0.1) is 0 Å². The van der Waals surface area contributed by atoms with Crippen LogP contribution in [0.5, 0.6) is 5.75 Å². The fourth-order valence-electron chi connectivity index (χ4n) is 1.23. The maximum atomic E-state index is 10.7. The molecule has 0 fully saturated rings. The first kappa shape index (κ1) is 14.3. The Balaban J connectivity index is 2.70. The van der Waals surface area contributed by atoms with Crippen LogP contribution < -0.4 is 0 Å². The Kier molecular flexibility index (Phi) is 5.27. The second kappa shape index (κ2) is 6.26. The summed E-state index contributed by atoms with van der Waals surface area (Å²) in [6, 6.07) is 4.23. The van der Waals surface area contributed by atoms with Crippen LogP contribution >= 0.6 is 23.4 Å². The molecule has 0 aliphatic heterocycles. The summed E-state index contributed by atoms with van der Waals surface area (Å²) < 4.78 is 0. The minimum Gasteiger partial charge on any atom is -0.506 e. The molecule has 1 aromatic carbocycles. The third-order valence-electron chi connectivity index (χ3n) is 2.13. The maximum Gasteiger partial charge on any atom is 0.185 e. The van der Waals surface area contributed by atoms with Gasteiger partial charge in [-0.1, -0.05) is 29.4 Å². The minimum absolute atomic E-state index is 0.0971. The summed E-state index contributed by atoms with van der Waals surface area (Å²) in [6.45, 7) is 1.39. The first-order valence-electron chi connectivity index (χ1n) is 4.89. The second-order valence-electron chi connectivity index (χ2n) is 3.53. The van der Waals surface area contributed by atoms with Crippen LogP contribution in [-0.2, 0) is 4.79 Å². The minimum atomic E-state index is -1.16. The van der Waals surface area contributed by atoms with Crippen molar-refractivity contribution in [2.45, 2.75) is 19.1 Å². The molecule has 0 saturated carbocycles. The van der Waals surface area contributed by atoms with Gasteiger partial charge in [-0.15, -0.1) is 0 Å². The lowest BCUT2D eigenvalue weighted by Crippen LogP contribution is -2.21. The number of hydrogen-bond acceptors (Lipinski definition) is 5. The number of phenolic OH excluding ortho intramolecular Hbond substituents is 1. The van der Waals surface area contributed by atoms with Crippen LogP contribution in [0.2, 0.25) is 5.02 Å². The largest absolute Gasteiger partial charge is 0.506 e. The first-order chi connectivity index (χ1) is 7.91. The van der Waals surface area contributed by atoms with Crippen molar-refractivity contribution in [2.75, 3.05) is 5.75 Å². The molecule has 0 heterocycles. The third-order valence-corrected chi connectivity index (χ3v) is 3.37. The molecular formula is C11H13ClO4S. The third kappa shape index (κ3) is 4.20. The zero-order valence-corrected chi connectivity index (χ0v) is 10.7. The standard InChI is InChI=1S/C11H13ClO4S/c1-6(13)17-5-10(15)11(16)7-2-3-8(12)9(14)4-7/h2-4,10-11,14-16H,5H2,1H3. The monoisotopic (exact) mass is 276 g/mol. The van der Waals surface area contributed by atoms with Crippen molar-refractivity contribution in [3.05, 3.63) is 28.8 Å². The number of phenols is 1. The van der Waals surface area contributed by atoms with Crippen molar-refractivity contribution < 1.29 is 20.1 Å². The number of benzene rings is 1. The molecule has 2 unspecified atom stereocenters. The SMILES string of the molecule is CC(=O)SCC(O)C(O)c1ccc(Cl)c(O)c1. The van der Waals surface area contributed by atoms with Crippen molar-refractivity contribution in [1.82, 2.24) is 0 Å². The van der Waals surface area contributed by atoms with Crippen molar-refractivity contribution in [3.8, 4) is 5.75 Å². The Morgan fingerprint density at radius 2 is 2.12 bits per heavy atom. The molecule has 6 heteroatoms. The van der Waals surface area contributed by atoms with Gasteiger partial charge in [0.05, 0.1) is 11.1 Å². The number of hydrogen-bond donors (Lipinski definition) is 3. The van der Waals surface area contributed by atoms with E-state index in [1.54, 1.807) is 0 Å². The van der Waals surface area contributed by atoms with Gasteiger partial charge in [0.2, 0.25) is 0 Å². The van der Waals surface area contributed by atoms with Gasteiger partial charge < -0.3 is 15.3 Å². The summed E-state index contributed by atoms with van der Waals surface area (Å²) >= 11 is 6.56. The fraction of sp³-hybridized carbons (Fsp3) is 0.364. The summed E-state index contributed by atoms with van der Waals surface area (Å²) in [5.41, 5.74) is 0.351. The quantitative estimate of drug-likeness (QED) is 0.780. The first-order valence-corrected chi connectivity index (χ1v) is 6.26. The molecule has 4 nitrogen and oxygen atoms in total. The zero-order chi connectivity index (χ0) is 13.0. The van der Waals surface area contributed by atoms with Crippen molar-refractivity contribution >= 4 is 28.5 Å². The van der Waals surface area contributed by atoms with E-state index in [0.717, 1.165) is 11.8 Å². The molecule has 0 aromatic heterocycles. The number of halogens is 1. The molecule has 0 radical (unpaired) electrons. The van der Waals surface area contributed by atoms with Crippen molar-refractivity contribution in [2.24, 2.45) is 0 Å². The van der Waals surface area contributed by atoms with Crippen LogP contribution in [-0.4, -0.2) is 32.3 Å². The molecule has 0 aliphatic carbocycles. The van der Waals surface area contributed by atoms with Crippen LogP contribution in [0.1, 0.15) is 18.6 Å². The molecule has 94 valence electrons. The van der Waals surface area contributed by atoms with Crippen LogP contribution in [0.15, 0.2) is 18.2 Å². The highest BCUT2D eigenvalue weighted by Gasteiger charge is 2.19. The van der Waals surface area contributed by atoms with Crippen LogP contribution in [0.3, 0.4) is 0 Å². The highest BCUT2D eigenvalue weighted by molar-refractivity contribution is 8.13. The van der Waals surface area contributed by atoms with E-state index < -0.39 is 12.2 Å². The number of aliphatic hydroxyl groups is 2. The Hall–Kier alpha value is -0.750. The molecule has 17 heavy (non-hydrogen) atoms. The molecule has 1 rings (SSSR count). The van der Waals surface area contributed by atoms with Crippen molar-refractivity contribution in [3.63, 3.8) is 0 Å². The summed E-state index contributed by atoms with van der Waals surface area (Å²) in [4.78, 5) is 10.7.